The summed E-state index contributed by atoms with van der Waals surface area (Å²) in [5.74, 6) is 0.399. The number of alkyl halides is 3. The van der Waals surface area contributed by atoms with Gasteiger partial charge in [0, 0.05) is 15.6 Å². The highest BCUT2D eigenvalue weighted by molar-refractivity contribution is 9.10. The van der Waals surface area contributed by atoms with Crippen molar-refractivity contribution in [2.24, 2.45) is 0 Å². The van der Waals surface area contributed by atoms with Gasteiger partial charge in [0.1, 0.15) is 6.33 Å². The summed E-state index contributed by atoms with van der Waals surface area (Å²) in [7, 11) is 0. The Morgan fingerprint density at radius 3 is 2.35 bits per heavy atom. The highest BCUT2D eigenvalue weighted by Crippen LogP contribution is 2.36. The second-order valence-electron chi connectivity index (χ2n) is 5.39. The molecular formula is C13H13BrF3N3. The molecule has 0 spiro atoms. The zero-order chi connectivity index (χ0) is 15.1. The summed E-state index contributed by atoms with van der Waals surface area (Å²) >= 11 is 3.27. The maximum Gasteiger partial charge on any atom is 0.416 e. The molecule has 0 saturated carbocycles. The van der Waals surface area contributed by atoms with Crippen LogP contribution in [0.25, 0.3) is 11.4 Å². The summed E-state index contributed by atoms with van der Waals surface area (Å²) in [6.07, 6.45) is -2.87. The Morgan fingerprint density at radius 2 is 1.80 bits per heavy atom. The van der Waals surface area contributed by atoms with Crippen LogP contribution < -0.4 is 0 Å². The van der Waals surface area contributed by atoms with E-state index in [1.54, 1.807) is 4.57 Å². The van der Waals surface area contributed by atoms with Gasteiger partial charge in [0.2, 0.25) is 0 Å². The summed E-state index contributed by atoms with van der Waals surface area (Å²) in [6.45, 7) is 5.80. The van der Waals surface area contributed by atoms with Crippen molar-refractivity contribution in [1.82, 2.24) is 14.8 Å². The lowest BCUT2D eigenvalue weighted by Gasteiger charge is -2.23. The van der Waals surface area contributed by atoms with Crippen molar-refractivity contribution in [3.05, 3.63) is 34.6 Å². The zero-order valence-corrected chi connectivity index (χ0v) is 12.7. The van der Waals surface area contributed by atoms with Crippen LogP contribution in [0.1, 0.15) is 26.3 Å². The van der Waals surface area contributed by atoms with Gasteiger partial charge in [0.25, 0.3) is 0 Å². The van der Waals surface area contributed by atoms with Crippen molar-refractivity contribution in [1.29, 1.82) is 0 Å². The van der Waals surface area contributed by atoms with Gasteiger partial charge in [-0.15, -0.1) is 10.2 Å². The summed E-state index contributed by atoms with van der Waals surface area (Å²) in [6, 6.07) is 3.49. The van der Waals surface area contributed by atoms with E-state index >= 15 is 0 Å². The number of rotatable bonds is 1. The molecular weight excluding hydrogens is 335 g/mol. The second kappa shape index (κ2) is 4.87. The van der Waals surface area contributed by atoms with Crippen molar-refractivity contribution in [2.45, 2.75) is 32.5 Å². The molecule has 0 N–H and O–H groups in total. The lowest BCUT2D eigenvalue weighted by molar-refractivity contribution is -0.137. The van der Waals surface area contributed by atoms with Crippen molar-refractivity contribution in [2.75, 3.05) is 0 Å². The topological polar surface area (TPSA) is 30.7 Å². The van der Waals surface area contributed by atoms with Crippen LogP contribution in [0.4, 0.5) is 13.2 Å². The number of hydrogen-bond acceptors (Lipinski definition) is 2. The van der Waals surface area contributed by atoms with Crippen LogP contribution in [-0.4, -0.2) is 14.8 Å². The molecule has 1 aromatic heterocycles. The lowest BCUT2D eigenvalue weighted by atomic mass is 10.1. The SMILES string of the molecule is CC(C)(C)n1cnnc1-c1cc(C(F)(F)F)ccc1Br. The Hall–Kier alpha value is -1.37. The summed E-state index contributed by atoms with van der Waals surface area (Å²) in [4.78, 5) is 0. The molecule has 20 heavy (non-hydrogen) atoms. The van der Waals surface area contributed by atoms with Gasteiger partial charge in [-0.2, -0.15) is 13.2 Å². The number of hydrogen-bond donors (Lipinski definition) is 0. The van der Waals surface area contributed by atoms with Crippen molar-refractivity contribution >= 4 is 15.9 Å². The monoisotopic (exact) mass is 347 g/mol. The fraction of sp³-hybridized carbons (Fsp3) is 0.385. The number of benzene rings is 1. The molecule has 108 valence electrons. The predicted molar refractivity (Wildman–Crippen MR) is 73.2 cm³/mol. The summed E-state index contributed by atoms with van der Waals surface area (Å²) in [5, 5.41) is 7.76. The molecule has 0 bridgehead atoms. The molecule has 0 fully saturated rings. The largest absolute Gasteiger partial charge is 0.416 e. The molecule has 1 aromatic carbocycles. The summed E-state index contributed by atoms with van der Waals surface area (Å²) < 4.78 is 40.7. The average Bonchev–Trinajstić information content (AvgIpc) is 2.76. The van der Waals surface area contributed by atoms with E-state index in [1.807, 2.05) is 20.8 Å². The predicted octanol–water partition coefficient (Wildman–Crippen LogP) is 4.48. The van der Waals surface area contributed by atoms with E-state index in [2.05, 4.69) is 26.1 Å². The Bertz CT molecular complexity index is 627. The molecule has 0 aliphatic rings. The molecule has 0 saturated heterocycles. The van der Waals surface area contributed by atoms with E-state index in [-0.39, 0.29) is 5.54 Å². The van der Waals surface area contributed by atoms with Crippen LogP contribution >= 0.6 is 15.9 Å². The van der Waals surface area contributed by atoms with Crippen molar-refractivity contribution in [3.8, 4) is 11.4 Å². The van der Waals surface area contributed by atoms with Gasteiger partial charge >= 0.3 is 6.18 Å². The quantitative estimate of drug-likeness (QED) is 0.761. The smallest absolute Gasteiger partial charge is 0.308 e. The Labute approximate surface area is 123 Å². The van der Waals surface area contributed by atoms with Gasteiger partial charge in [0.15, 0.2) is 5.82 Å². The fourth-order valence-corrected chi connectivity index (χ4v) is 2.21. The van der Waals surface area contributed by atoms with Crippen LogP contribution in [0.15, 0.2) is 29.0 Å². The van der Waals surface area contributed by atoms with E-state index in [4.69, 9.17) is 0 Å². The van der Waals surface area contributed by atoms with Crippen molar-refractivity contribution < 1.29 is 13.2 Å². The van der Waals surface area contributed by atoms with Crippen LogP contribution in [0.5, 0.6) is 0 Å². The van der Waals surface area contributed by atoms with E-state index in [9.17, 15) is 13.2 Å². The molecule has 0 unspecified atom stereocenters. The van der Waals surface area contributed by atoms with Gasteiger partial charge in [-0.3, -0.25) is 0 Å². The molecule has 0 amide bonds. The Balaban J connectivity index is 2.62. The normalized spacial score (nSPS) is 12.8. The average molecular weight is 348 g/mol. The molecule has 7 heteroatoms. The van der Waals surface area contributed by atoms with Crippen LogP contribution in [-0.2, 0) is 11.7 Å². The lowest BCUT2D eigenvalue weighted by Crippen LogP contribution is -2.22. The Morgan fingerprint density at radius 1 is 1.15 bits per heavy atom. The van der Waals surface area contributed by atoms with Gasteiger partial charge in [-0.25, -0.2) is 0 Å². The minimum Gasteiger partial charge on any atom is -0.308 e. The van der Waals surface area contributed by atoms with Crippen LogP contribution in [0.3, 0.4) is 0 Å². The van der Waals surface area contributed by atoms with Gasteiger partial charge < -0.3 is 4.57 Å². The first-order chi connectivity index (χ1) is 9.10. The van der Waals surface area contributed by atoms with Crippen LogP contribution in [0, 0.1) is 0 Å². The second-order valence-corrected chi connectivity index (χ2v) is 6.24. The number of aromatic nitrogens is 3. The van der Waals surface area contributed by atoms with Gasteiger partial charge in [-0.1, -0.05) is 15.9 Å². The number of nitrogens with zero attached hydrogens (tertiary/aromatic N) is 3. The summed E-state index contributed by atoms with van der Waals surface area (Å²) in [5.41, 5.74) is -0.668. The molecule has 0 radical (unpaired) electrons. The third-order valence-corrected chi connectivity index (χ3v) is 3.50. The fourth-order valence-electron chi connectivity index (χ4n) is 1.78. The van der Waals surface area contributed by atoms with E-state index < -0.39 is 11.7 Å². The minimum absolute atomic E-state index is 0.327. The third-order valence-electron chi connectivity index (χ3n) is 2.81. The molecule has 1 heterocycles. The van der Waals surface area contributed by atoms with Crippen molar-refractivity contribution in [3.63, 3.8) is 0 Å². The zero-order valence-electron chi connectivity index (χ0n) is 11.2. The number of halogens is 4. The molecule has 3 nitrogen and oxygen atoms in total. The highest BCUT2D eigenvalue weighted by atomic mass is 79.9. The maximum atomic E-state index is 12.8. The molecule has 0 atom stereocenters. The van der Waals surface area contributed by atoms with Gasteiger partial charge in [0.05, 0.1) is 5.56 Å². The third kappa shape index (κ3) is 2.87. The van der Waals surface area contributed by atoms with E-state index in [1.165, 1.54) is 12.4 Å². The maximum absolute atomic E-state index is 12.8. The first-order valence-electron chi connectivity index (χ1n) is 5.88. The van der Waals surface area contributed by atoms with E-state index in [0.29, 0.717) is 15.9 Å². The first kappa shape index (κ1) is 15.0. The van der Waals surface area contributed by atoms with Gasteiger partial charge in [-0.05, 0) is 39.0 Å². The highest BCUT2D eigenvalue weighted by Gasteiger charge is 2.32. The molecule has 0 aliphatic heterocycles. The molecule has 2 rings (SSSR count). The van der Waals surface area contributed by atoms with E-state index in [0.717, 1.165) is 12.1 Å². The molecule has 0 aliphatic carbocycles. The Kier molecular flexibility index (Phi) is 3.66. The molecule has 2 aromatic rings. The van der Waals surface area contributed by atoms with Crippen LogP contribution in [0.2, 0.25) is 0 Å². The minimum atomic E-state index is -4.39. The first-order valence-corrected chi connectivity index (χ1v) is 6.67. The standard InChI is InChI=1S/C13H13BrF3N3/c1-12(2,3)20-7-18-19-11(20)9-6-8(13(15,16)17)4-5-10(9)14/h4-7H,1-3H3.